The van der Waals surface area contributed by atoms with Gasteiger partial charge in [0.15, 0.2) is 0 Å². The van der Waals surface area contributed by atoms with Crippen LogP contribution < -0.4 is 0 Å². The second kappa shape index (κ2) is 26.6. The van der Waals surface area contributed by atoms with Crippen LogP contribution in [0.4, 0.5) is 0 Å². The van der Waals surface area contributed by atoms with Crippen molar-refractivity contribution in [1.82, 2.24) is 9.97 Å². The monoisotopic (exact) mass is 933 g/mol. The van der Waals surface area contributed by atoms with Gasteiger partial charge in [0.2, 0.25) is 0 Å². The van der Waals surface area contributed by atoms with Gasteiger partial charge in [0, 0.05) is 88.7 Å². The SMILES string of the molecule is CC.CC.CC.CC.N#Cc1cnc2ccccc2c1Cc1cccc2occc12.[CH2-]c1[c-]cccc1Cc1c(C#N)cnc2ccccc12.[W].[Y]. The predicted octanol–water partition coefficient (Wildman–Crippen LogP) is 12.2. The first-order valence-corrected chi connectivity index (χ1v) is 17.5. The molecule has 0 atom stereocenters. The van der Waals surface area contributed by atoms with Crippen molar-refractivity contribution in [3.63, 3.8) is 0 Å². The summed E-state index contributed by atoms with van der Waals surface area (Å²) >= 11 is 0. The van der Waals surface area contributed by atoms with E-state index in [0.29, 0.717) is 24.0 Å². The van der Waals surface area contributed by atoms with E-state index in [2.05, 4.69) is 41.2 Å². The van der Waals surface area contributed by atoms with Crippen molar-refractivity contribution < 1.29 is 58.2 Å². The molecule has 0 unspecified atom stereocenters. The largest absolute Gasteiger partial charge is 0.464 e. The Bertz CT molecular complexity index is 2160. The number of furan rings is 1. The molecule has 0 N–H and O–H groups in total. The van der Waals surface area contributed by atoms with E-state index >= 15 is 0 Å². The average Bonchev–Trinajstić information content (AvgIpc) is 3.70. The molecule has 0 aliphatic heterocycles. The Balaban J connectivity index is 0.000000816. The van der Waals surface area contributed by atoms with E-state index < -0.39 is 0 Å². The first-order valence-electron chi connectivity index (χ1n) is 17.5. The zero-order valence-electron chi connectivity index (χ0n) is 31.7. The molecule has 0 saturated heterocycles. The summed E-state index contributed by atoms with van der Waals surface area (Å²) in [6.45, 7) is 20.0. The van der Waals surface area contributed by atoms with Gasteiger partial charge in [-0.1, -0.05) is 110 Å². The summed E-state index contributed by atoms with van der Waals surface area (Å²) < 4.78 is 5.46. The Kier molecular flexibility index (Phi) is 24.5. The van der Waals surface area contributed by atoms with Crippen LogP contribution in [0.2, 0.25) is 0 Å². The minimum atomic E-state index is 0. The van der Waals surface area contributed by atoms with Gasteiger partial charge in [-0.2, -0.15) is 22.7 Å². The Hall–Kier alpha value is -4.12. The van der Waals surface area contributed by atoms with E-state index in [1.807, 2.05) is 140 Å². The van der Waals surface area contributed by atoms with Crippen molar-refractivity contribution in [3.8, 4) is 12.1 Å². The molecule has 0 aliphatic rings. The number of rotatable bonds is 4. The third-order valence-electron chi connectivity index (χ3n) is 7.37. The number of nitriles is 2. The molecule has 0 fully saturated rings. The van der Waals surface area contributed by atoms with E-state index in [1.165, 1.54) is 0 Å². The van der Waals surface area contributed by atoms with Gasteiger partial charge < -0.3 is 23.0 Å². The maximum absolute atomic E-state index is 9.42. The van der Waals surface area contributed by atoms with Crippen LogP contribution in [0.25, 0.3) is 32.8 Å². The molecule has 0 spiro atoms. The topological polar surface area (TPSA) is 86.5 Å². The molecule has 0 amide bonds. The summed E-state index contributed by atoms with van der Waals surface area (Å²) in [5.41, 5.74) is 9.06. The fraction of sp³-hybridized carbons (Fsp3) is 0.222. The molecular formula is C45H48N4OWY-2. The molecule has 7 aromatic rings. The number of aromatic nitrogens is 2. The second-order valence-corrected chi connectivity index (χ2v) is 9.84. The Morgan fingerprint density at radius 1 is 0.615 bits per heavy atom. The fourth-order valence-corrected chi connectivity index (χ4v) is 5.23. The third-order valence-corrected chi connectivity index (χ3v) is 7.37. The number of fused-ring (bicyclic) bond motifs is 3. The molecule has 3 aromatic heterocycles. The Morgan fingerprint density at radius 3 is 1.60 bits per heavy atom. The first-order chi connectivity index (χ1) is 24.7. The van der Waals surface area contributed by atoms with Crippen molar-refractivity contribution in [3.05, 3.63) is 162 Å². The maximum Gasteiger partial charge on any atom is 0.134 e. The van der Waals surface area contributed by atoms with Crippen LogP contribution >= 0.6 is 0 Å². The van der Waals surface area contributed by atoms with Crippen LogP contribution in [0, 0.1) is 35.7 Å². The van der Waals surface area contributed by atoms with Gasteiger partial charge in [-0.05, 0) is 41.0 Å². The van der Waals surface area contributed by atoms with Gasteiger partial charge in [-0.15, -0.1) is 6.07 Å². The molecule has 0 bridgehead atoms. The number of pyridine rings is 2. The standard InChI is InChI=1S/C19H12N2O.C18H12N2.4C2H6.W.Y/c20-11-14-12-21-18-6-2-1-5-16(18)17(14)10-13-4-3-7-19-15(13)8-9-22-19;1-13-6-2-3-7-14(13)10-17-15(11-19)12-20-18-9-5-4-8-16(17)18;4*1-2;;/h1-9,12H,10H2;2-5,7-9,12H,1,10H2;4*1-2H3;;/q;-2;;;;;;. The van der Waals surface area contributed by atoms with Crippen molar-refractivity contribution in [2.45, 2.75) is 68.2 Å². The predicted molar refractivity (Wildman–Crippen MR) is 210 cm³/mol. The van der Waals surface area contributed by atoms with Crippen molar-refractivity contribution in [2.24, 2.45) is 0 Å². The van der Waals surface area contributed by atoms with Crippen molar-refractivity contribution in [2.75, 3.05) is 0 Å². The molecule has 1 radical (unpaired) electrons. The molecular weight excluding hydrogens is 885 g/mol. The van der Waals surface area contributed by atoms with E-state index in [4.69, 9.17) is 4.42 Å². The van der Waals surface area contributed by atoms with E-state index in [9.17, 15) is 10.5 Å². The van der Waals surface area contributed by atoms with Gasteiger partial charge in [-0.3, -0.25) is 15.5 Å². The number of hydrogen-bond donors (Lipinski definition) is 0. The summed E-state index contributed by atoms with van der Waals surface area (Å²) in [5, 5.41) is 21.9. The molecule has 5 nitrogen and oxygen atoms in total. The summed E-state index contributed by atoms with van der Waals surface area (Å²) in [5.74, 6) is 0. The molecule has 265 valence electrons. The molecule has 0 saturated carbocycles. The number of para-hydroxylation sites is 2. The Labute approximate surface area is 350 Å². The average molecular weight is 934 g/mol. The van der Waals surface area contributed by atoms with Crippen LogP contribution in [0.3, 0.4) is 0 Å². The summed E-state index contributed by atoms with van der Waals surface area (Å²) in [4.78, 5) is 8.70. The minimum absolute atomic E-state index is 0. The molecule has 7 rings (SSSR count). The van der Waals surface area contributed by atoms with Crippen LogP contribution in [-0.2, 0) is 66.6 Å². The molecule has 3 heterocycles. The quantitative estimate of drug-likeness (QED) is 0.164. The van der Waals surface area contributed by atoms with Gasteiger partial charge in [0.1, 0.15) is 17.7 Å². The van der Waals surface area contributed by atoms with Gasteiger partial charge >= 0.3 is 0 Å². The maximum atomic E-state index is 9.42. The smallest absolute Gasteiger partial charge is 0.134 e. The van der Waals surface area contributed by atoms with Crippen LogP contribution in [0.5, 0.6) is 0 Å². The molecule has 52 heavy (non-hydrogen) atoms. The summed E-state index contributed by atoms with van der Waals surface area (Å²) in [6, 6.07) is 37.2. The summed E-state index contributed by atoms with van der Waals surface area (Å²) in [6.07, 6.45) is 6.36. The van der Waals surface area contributed by atoms with Gasteiger partial charge in [-0.25, -0.2) is 0 Å². The van der Waals surface area contributed by atoms with Crippen LogP contribution in [0.1, 0.15) is 94.3 Å². The summed E-state index contributed by atoms with van der Waals surface area (Å²) in [7, 11) is 0. The second-order valence-electron chi connectivity index (χ2n) is 9.84. The van der Waals surface area contributed by atoms with E-state index in [1.54, 1.807) is 18.7 Å². The van der Waals surface area contributed by atoms with E-state index in [-0.39, 0.29) is 53.8 Å². The fourth-order valence-electron chi connectivity index (χ4n) is 5.23. The van der Waals surface area contributed by atoms with Gasteiger partial charge in [0.05, 0.1) is 28.4 Å². The zero-order chi connectivity index (χ0) is 36.9. The number of nitrogens with zero attached hydrogens (tertiary/aromatic N) is 4. The van der Waals surface area contributed by atoms with Gasteiger partial charge in [0.25, 0.3) is 0 Å². The zero-order valence-corrected chi connectivity index (χ0v) is 37.5. The minimum Gasteiger partial charge on any atom is -0.464 e. The Morgan fingerprint density at radius 2 is 1.10 bits per heavy atom. The molecule has 0 aliphatic carbocycles. The number of hydrogen-bond acceptors (Lipinski definition) is 5. The molecule has 4 aromatic carbocycles. The molecule has 7 heteroatoms. The van der Waals surface area contributed by atoms with Crippen LogP contribution in [-0.4, -0.2) is 9.97 Å². The van der Waals surface area contributed by atoms with Crippen LogP contribution in [0.15, 0.2) is 114 Å². The first kappa shape index (κ1) is 47.9. The van der Waals surface area contributed by atoms with Crippen molar-refractivity contribution >= 4 is 32.8 Å². The van der Waals surface area contributed by atoms with Crippen molar-refractivity contribution in [1.29, 1.82) is 10.5 Å². The number of benzene rings is 4. The normalized spacial score (nSPS) is 9.04. The third kappa shape index (κ3) is 12.2. The van der Waals surface area contributed by atoms with E-state index in [0.717, 1.165) is 60.6 Å².